The normalized spacial score (nSPS) is 10.3. The quantitative estimate of drug-likeness (QED) is 0.874. The topological polar surface area (TPSA) is 29.1 Å². The second-order valence-electron chi connectivity index (χ2n) is 4.33. The number of hydrogen-bond donors (Lipinski definition) is 1. The average Bonchev–Trinajstić information content (AvgIpc) is 2.38. The highest BCUT2D eigenvalue weighted by Gasteiger charge is 2.11. The molecule has 0 heterocycles. The lowest BCUT2D eigenvalue weighted by Gasteiger charge is -2.10. The van der Waals surface area contributed by atoms with Gasteiger partial charge in [-0.05, 0) is 49.2 Å². The van der Waals surface area contributed by atoms with Crippen LogP contribution in [0.2, 0.25) is 0 Å². The minimum atomic E-state index is -1.03. The predicted molar refractivity (Wildman–Crippen MR) is 70.2 cm³/mol. The fourth-order valence-corrected chi connectivity index (χ4v) is 1.72. The summed E-state index contributed by atoms with van der Waals surface area (Å²) in [5.41, 5.74) is 2.73. The first kappa shape index (κ1) is 13.2. The smallest absolute Gasteiger partial charge is 0.255 e. The molecule has 1 N–H and O–H groups in total. The van der Waals surface area contributed by atoms with Crippen molar-refractivity contribution in [2.24, 2.45) is 0 Å². The molecule has 1 amide bonds. The van der Waals surface area contributed by atoms with Gasteiger partial charge in [0.1, 0.15) is 0 Å². The van der Waals surface area contributed by atoms with Crippen molar-refractivity contribution in [3.05, 3.63) is 64.7 Å². The third-order valence-corrected chi connectivity index (χ3v) is 3.03. The van der Waals surface area contributed by atoms with Gasteiger partial charge in [0.2, 0.25) is 0 Å². The van der Waals surface area contributed by atoms with E-state index in [4.69, 9.17) is 0 Å². The summed E-state index contributed by atoms with van der Waals surface area (Å²) in [5, 5.41) is 2.69. The van der Waals surface area contributed by atoms with Crippen LogP contribution in [-0.4, -0.2) is 5.91 Å². The van der Waals surface area contributed by atoms with Gasteiger partial charge in [-0.3, -0.25) is 4.79 Å². The van der Waals surface area contributed by atoms with Crippen LogP contribution in [0.5, 0.6) is 0 Å². The molecule has 19 heavy (non-hydrogen) atoms. The number of rotatable bonds is 2. The highest BCUT2D eigenvalue weighted by atomic mass is 19.2. The van der Waals surface area contributed by atoms with Crippen LogP contribution in [0.4, 0.5) is 14.5 Å². The molecule has 4 heteroatoms. The number of anilines is 1. The maximum Gasteiger partial charge on any atom is 0.255 e. The van der Waals surface area contributed by atoms with Gasteiger partial charge in [0.05, 0.1) is 0 Å². The van der Waals surface area contributed by atoms with Crippen LogP contribution in [0.15, 0.2) is 36.4 Å². The standard InChI is InChI=1S/C15H13F2NO/c1-9-4-3-5-14(10(9)2)18-15(19)11-6-7-12(16)13(17)8-11/h3-8H,1-2H3,(H,18,19). The summed E-state index contributed by atoms with van der Waals surface area (Å²) in [7, 11) is 0. The van der Waals surface area contributed by atoms with Crippen LogP contribution in [-0.2, 0) is 0 Å². The molecule has 0 atom stereocenters. The summed E-state index contributed by atoms with van der Waals surface area (Å²) in [6.45, 7) is 3.82. The Balaban J connectivity index is 2.26. The van der Waals surface area contributed by atoms with Crippen LogP contribution in [0.25, 0.3) is 0 Å². The lowest BCUT2D eigenvalue weighted by Crippen LogP contribution is -2.13. The van der Waals surface area contributed by atoms with E-state index in [1.165, 1.54) is 6.07 Å². The van der Waals surface area contributed by atoms with Crippen molar-refractivity contribution in [2.75, 3.05) is 5.32 Å². The minimum absolute atomic E-state index is 0.0832. The van der Waals surface area contributed by atoms with E-state index in [-0.39, 0.29) is 5.56 Å². The third kappa shape index (κ3) is 2.78. The van der Waals surface area contributed by atoms with Crippen LogP contribution < -0.4 is 5.32 Å². The van der Waals surface area contributed by atoms with E-state index < -0.39 is 17.5 Å². The van der Waals surface area contributed by atoms with Crippen LogP contribution in [0.3, 0.4) is 0 Å². The number of benzene rings is 2. The Morgan fingerprint density at radius 3 is 2.47 bits per heavy atom. The van der Waals surface area contributed by atoms with Gasteiger partial charge < -0.3 is 5.32 Å². The molecule has 0 radical (unpaired) electrons. The van der Waals surface area contributed by atoms with Gasteiger partial charge in [-0.15, -0.1) is 0 Å². The molecular formula is C15H13F2NO. The van der Waals surface area contributed by atoms with Gasteiger partial charge in [0, 0.05) is 11.3 Å². The van der Waals surface area contributed by atoms with Crippen LogP contribution in [0, 0.1) is 25.5 Å². The highest BCUT2D eigenvalue weighted by molar-refractivity contribution is 6.04. The van der Waals surface area contributed by atoms with Crippen molar-refractivity contribution < 1.29 is 13.6 Å². The number of amides is 1. The number of hydrogen-bond acceptors (Lipinski definition) is 1. The first-order valence-electron chi connectivity index (χ1n) is 5.81. The Labute approximate surface area is 110 Å². The zero-order valence-corrected chi connectivity index (χ0v) is 10.6. The monoisotopic (exact) mass is 261 g/mol. The molecule has 2 aromatic carbocycles. The molecule has 98 valence electrons. The van der Waals surface area contributed by atoms with Gasteiger partial charge in [0.25, 0.3) is 5.91 Å². The SMILES string of the molecule is Cc1cccc(NC(=O)c2ccc(F)c(F)c2)c1C. The molecule has 0 aromatic heterocycles. The van der Waals surface area contributed by atoms with E-state index in [9.17, 15) is 13.6 Å². The number of carbonyl (C=O) groups excluding carboxylic acids is 1. The van der Waals surface area contributed by atoms with Gasteiger partial charge in [-0.25, -0.2) is 8.78 Å². The van der Waals surface area contributed by atoms with E-state index >= 15 is 0 Å². The molecule has 0 aliphatic rings. The maximum absolute atomic E-state index is 13.1. The van der Waals surface area contributed by atoms with Gasteiger partial charge in [0.15, 0.2) is 11.6 Å². The second-order valence-corrected chi connectivity index (χ2v) is 4.33. The average molecular weight is 261 g/mol. The molecule has 2 nitrogen and oxygen atoms in total. The molecule has 0 aliphatic heterocycles. The highest BCUT2D eigenvalue weighted by Crippen LogP contribution is 2.19. The number of aryl methyl sites for hydroxylation is 1. The number of nitrogens with one attached hydrogen (secondary N) is 1. The summed E-state index contributed by atoms with van der Waals surface area (Å²) >= 11 is 0. The van der Waals surface area contributed by atoms with Gasteiger partial charge in [-0.1, -0.05) is 12.1 Å². The van der Waals surface area contributed by atoms with Crippen molar-refractivity contribution in [2.45, 2.75) is 13.8 Å². The van der Waals surface area contributed by atoms with Gasteiger partial charge >= 0.3 is 0 Å². The summed E-state index contributed by atoms with van der Waals surface area (Å²) in [4.78, 5) is 11.9. The first-order valence-corrected chi connectivity index (χ1v) is 5.81. The van der Waals surface area contributed by atoms with Crippen molar-refractivity contribution in [3.8, 4) is 0 Å². The molecule has 0 bridgehead atoms. The van der Waals surface area contributed by atoms with E-state index in [2.05, 4.69) is 5.32 Å². The zero-order valence-electron chi connectivity index (χ0n) is 10.6. The van der Waals surface area contributed by atoms with E-state index in [1.54, 1.807) is 6.07 Å². The zero-order chi connectivity index (χ0) is 14.0. The minimum Gasteiger partial charge on any atom is -0.322 e. The Kier molecular flexibility index (Phi) is 3.60. The Hall–Kier alpha value is -2.23. The molecule has 0 saturated heterocycles. The third-order valence-electron chi connectivity index (χ3n) is 3.03. The van der Waals surface area contributed by atoms with E-state index in [1.807, 2.05) is 26.0 Å². The lowest BCUT2D eigenvalue weighted by atomic mass is 10.1. The lowest BCUT2D eigenvalue weighted by molar-refractivity contribution is 0.102. The van der Waals surface area contributed by atoms with Crippen molar-refractivity contribution in [1.29, 1.82) is 0 Å². The summed E-state index contributed by atoms with van der Waals surface area (Å²) < 4.78 is 25.9. The Morgan fingerprint density at radius 2 is 1.79 bits per heavy atom. The van der Waals surface area contributed by atoms with Gasteiger partial charge in [-0.2, -0.15) is 0 Å². The molecule has 2 rings (SSSR count). The predicted octanol–water partition coefficient (Wildman–Crippen LogP) is 3.83. The largest absolute Gasteiger partial charge is 0.322 e. The van der Waals surface area contributed by atoms with E-state index in [0.717, 1.165) is 23.3 Å². The summed E-state index contributed by atoms with van der Waals surface area (Å²) in [6.07, 6.45) is 0. The molecule has 0 saturated carbocycles. The second kappa shape index (κ2) is 5.18. The molecule has 0 aliphatic carbocycles. The number of carbonyl (C=O) groups is 1. The van der Waals surface area contributed by atoms with Crippen molar-refractivity contribution >= 4 is 11.6 Å². The molecule has 0 unspecified atom stereocenters. The van der Waals surface area contributed by atoms with Crippen LogP contribution in [0.1, 0.15) is 21.5 Å². The van der Waals surface area contributed by atoms with Crippen LogP contribution >= 0.6 is 0 Å². The van der Waals surface area contributed by atoms with Crippen molar-refractivity contribution in [1.82, 2.24) is 0 Å². The Morgan fingerprint density at radius 1 is 1.05 bits per heavy atom. The Bertz CT molecular complexity index is 638. The molecule has 0 spiro atoms. The fourth-order valence-electron chi connectivity index (χ4n) is 1.72. The summed E-state index contributed by atoms with van der Waals surface area (Å²) in [6, 6.07) is 8.59. The summed E-state index contributed by atoms with van der Waals surface area (Å²) in [5.74, 6) is -2.47. The maximum atomic E-state index is 13.1. The molecular weight excluding hydrogens is 248 g/mol. The fraction of sp³-hybridized carbons (Fsp3) is 0.133. The van der Waals surface area contributed by atoms with Crippen molar-refractivity contribution in [3.63, 3.8) is 0 Å². The number of halogens is 2. The van der Waals surface area contributed by atoms with E-state index in [0.29, 0.717) is 5.69 Å². The first-order chi connectivity index (χ1) is 8.99. The molecule has 2 aromatic rings. The molecule has 0 fully saturated rings.